The van der Waals surface area contributed by atoms with Gasteiger partial charge in [-0.15, -0.1) is 0 Å². The first-order valence-electron chi connectivity index (χ1n) is 11.6. The molecule has 0 bridgehead atoms. The highest BCUT2D eigenvalue weighted by Crippen LogP contribution is 2.37. The summed E-state index contributed by atoms with van der Waals surface area (Å²) >= 11 is 6.50. The molecule has 0 N–H and O–H groups in total. The molecule has 5 aromatic rings. The van der Waals surface area contributed by atoms with Gasteiger partial charge in [0.2, 0.25) is 5.89 Å². The molecule has 0 unspecified atom stereocenters. The molecule has 1 fully saturated rings. The number of hydrogen-bond acceptors (Lipinski definition) is 6. The van der Waals surface area contributed by atoms with Crippen molar-refractivity contribution in [1.82, 2.24) is 19.5 Å². The minimum absolute atomic E-state index is 0.565. The lowest BCUT2D eigenvalue weighted by Gasteiger charge is -2.29. The molecule has 34 heavy (non-hydrogen) atoms. The zero-order valence-corrected chi connectivity index (χ0v) is 19.6. The number of hydrogen-bond donors (Lipinski definition) is 0. The maximum absolute atomic E-state index is 6.50. The summed E-state index contributed by atoms with van der Waals surface area (Å²) in [4.78, 5) is 16.5. The van der Waals surface area contributed by atoms with Crippen molar-refractivity contribution < 1.29 is 9.15 Å². The minimum Gasteiger partial charge on any atom is -0.444 e. The average Bonchev–Trinajstić information content (AvgIpc) is 3.53. The number of halogens is 1. The molecule has 172 valence electrons. The number of anilines is 1. The molecule has 8 heteroatoms. The van der Waals surface area contributed by atoms with Gasteiger partial charge in [0, 0.05) is 36.8 Å². The van der Waals surface area contributed by atoms with Gasteiger partial charge < -0.3 is 14.1 Å². The van der Waals surface area contributed by atoms with E-state index in [0.29, 0.717) is 24.1 Å². The van der Waals surface area contributed by atoms with Crippen LogP contribution in [0.25, 0.3) is 39.1 Å². The third kappa shape index (κ3) is 3.52. The van der Waals surface area contributed by atoms with Gasteiger partial charge in [-0.3, -0.25) is 9.55 Å². The number of nitrogens with zero attached hydrogens (tertiary/aromatic N) is 5. The lowest BCUT2D eigenvalue weighted by atomic mass is 10.1. The molecule has 1 aliphatic heterocycles. The molecule has 2 aromatic carbocycles. The summed E-state index contributed by atoms with van der Waals surface area (Å²) in [5.41, 5.74) is 5.66. The molecule has 0 atom stereocenters. The van der Waals surface area contributed by atoms with E-state index in [1.54, 1.807) is 12.5 Å². The van der Waals surface area contributed by atoms with Crippen LogP contribution in [0.5, 0.6) is 0 Å². The summed E-state index contributed by atoms with van der Waals surface area (Å²) in [6.07, 6.45) is 6.89. The zero-order chi connectivity index (χ0) is 23.1. The quantitative estimate of drug-likeness (QED) is 0.327. The Morgan fingerprint density at radius 1 is 1.03 bits per heavy atom. The molecule has 0 saturated carbocycles. The number of ether oxygens (including phenoxy) is 1. The van der Waals surface area contributed by atoms with Gasteiger partial charge in [-0.2, -0.15) is 0 Å². The number of fused-ring (bicyclic) bond motifs is 2. The molecule has 1 saturated heterocycles. The third-order valence-electron chi connectivity index (χ3n) is 6.27. The van der Waals surface area contributed by atoms with Gasteiger partial charge in [0.05, 0.1) is 46.7 Å². The van der Waals surface area contributed by atoms with E-state index >= 15 is 0 Å². The Morgan fingerprint density at radius 2 is 1.91 bits per heavy atom. The van der Waals surface area contributed by atoms with E-state index in [-0.39, 0.29) is 0 Å². The summed E-state index contributed by atoms with van der Waals surface area (Å²) in [5.74, 6) is 1.55. The standard InChI is InChI=1S/C26H24ClN5O2/c1-2-4-23-30-25-19(26-29-9-12-34-26)15-17(31-10-13-33-14-11-31)16-22(25)32(23)21-7-8-28-24-18(21)5-3-6-20(24)27/h3,5-9,12,15-16H,2,4,10-11,13-14H2,1H3. The Balaban J connectivity index is 1.68. The molecule has 0 radical (unpaired) electrons. The second-order valence-electron chi connectivity index (χ2n) is 8.38. The van der Waals surface area contributed by atoms with E-state index in [0.717, 1.165) is 70.6 Å². The van der Waals surface area contributed by atoms with Crippen LogP contribution in [-0.4, -0.2) is 45.8 Å². The maximum atomic E-state index is 6.50. The van der Waals surface area contributed by atoms with Gasteiger partial charge >= 0.3 is 0 Å². The molecular formula is C26H24ClN5O2. The van der Waals surface area contributed by atoms with E-state index in [2.05, 4.69) is 44.6 Å². The van der Waals surface area contributed by atoms with E-state index in [4.69, 9.17) is 25.7 Å². The van der Waals surface area contributed by atoms with Crippen LogP contribution in [0.1, 0.15) is 19.2 Å². The van der Waals surface area contributed by atoms with Crippen molar-refractivity contribution in [3.8, 4) is 17.1 Å². The number of imidazole rings is 1. The zero-order valence-electron chi connectivity index (χ0n) is 18.9. The molecule has 0 aliphatic carbocycles. The Bertz CT molecular complexity index is 1470. The number of pyridine rings is 1. The van der Waals surface area contributed by atoms with E-state index in [1.807, 2.05) is 24.4 Å². The first-order chi connectivity index (χ1) is 16.7. The SMILES string of the molecule is CCCc1nc2c(-c3ncco3)cc(N3CCOCC3)cc2n1-c1ccnc2c(Cl)cccc12. The Hall–Kier alpha value is -3.42. The van der Waals surface area contributed by atoms with Crippen molar-refractivity contribution >= 4 is 39.2 Å². The van der Waals surface area contributed by atoms with Crippen LogP contribution in [0, 0.1) is 0 Å². The molecule has 7 nitrogen and oxygen atoms in total. The smallest absolute Gasteiger partial charge is 0.228 e. The third-order valence-corrected chi connectivity index (χ3v) is 6.57. The van der Waals surface area contributed by atoms with E-state index < -0.39 is 0 Å². The fourth-order valence-corrected chi connectivity index (χ4v) is 4.94. The van der Waals surface area contributed by atoms with Crippen LogP contribution in [0.15, 0.2) is 59.5 Å². The van der Waals surface area contributed by atoms with Gasteiger partial charge in [0.15, 0.2) is 0 Å². The topological polar surface area (TPSA) is 69.2 Å². The Morgan fingerprint density at radius 3 is 2.71 bits per heavy atom. The van der Waals surface area contributed by atoms with Crippen molar-refractivity contribution in [2.45, 2.75) is 19.8 Å². The van der Waals surface area contributed by atoms with E-state index in [9.17, 15) is 0 Å². The molecule has 4 heterocycles. The van der Waals surface area contributed by atoms with Crippen LogP contribution in [-0.2, 0) is 11.2 Å². The highest BCUT2D eigenvalue weighted by molar-refractivity contribution is 6.35. The van der Waals surface area contributed by atoms with Crippen molar-refractivity contribution in [1.29, 1.82) is 0 Å². The normalized spacial score (nSPS) is 14.4. The first kappa shape index (κ1) is 21.1. The number of aryl methyl sites for hydroxylation is 1. The summed E-state index contributed by atoms with van der Waals surface area (Å²) in [7, 11) is 0. The lowest BCUT2D eigenvalue weighted by molar-refractivity contribution is 0.122. The second kappa shape index (κ2) is 8.74. The number of morpholine rings is 1. The summed E-state index contributed by atoms with van der Waals surface area (Å²) in [6, 6.07) is 12.3. The maximum Gasteiger partial charge on any atom is 0.228 e. The Kier molecular flexibility index (Phi) is 5.43. The van der Waals surface area contributed by atoms with Crippen molar-refractivity contribution in [3.05, 3.63) is 65.9 Å². The van der Waals surface area contributed by atoms with Gasteiger partial charge in [-0.25, -0.2) is 9.97 Å². The molecular weight excluding hydrogens is 450 g/mol. The van der Waals surface area contributed by atoms with Crippen molar-refractivity contribution in [2.24, 2.45) is 0 Å². The largest absolute Gasteiger partial charge is 0.444 e. The molecule has 1 aliphatic rings. The first-order valence-corrected chi connectivity index (χ1v) is 11.9. The predicted octanol–water partition coefficient (Wildman–Crippen LogP) is 5.67. The van der Waals surface area contributed by atoms with Crippen molar-refractivity contribution in [2.75, 3.05) is 31.2 Å². The average molecular weight is 474 g/mol. The lowest BCUT2D eigenvalue weighted by Crippen LogP contribution is -2.36. The van der Waals surface area contributed by atoms with Crippen molar-refractivity contribution in [3.63, 3.8) is 0 Å². The Labute approximate surface area is 202 Å². The monoisotopic (exact) mass is 473 g/mol. The van der Waals surface area contributed by atoms with Gasteiger partial charge in [-0.1, -0.05) is 30.7 Å². The van der Waals surface area contributed by atoms with Gasteiger partial charge in [0.1, 0.15) is 17.6 Å². The number of rotatable bonds is 5. The fraction of sp³-hybridized carbons (Fsp3) is 0.269. The number of para-hydroxylation sites is 1. The van der Waals surface area contributed by atoms with Crippen LogP contribution in [0.2, 0.25) is 5.02 Å². The van der Waals surface area contributed by atoms with Crippen LogP contribution in [0.4, 0.5) is 5.69 Å². The number of aromatic nitrogens is 4. The van der Waals surface area contributed by atoms with Crippen LogP contribution < -0.4 is 4.90 Å². The minimum atomic E-state index is 0.565. The highest BCUT2D eigenvalue weighted by Gasteiger charge is 2.22. The summed E-state index contributed by atoms with van der Waals surface area (Å²) < 4.78 is 13.6. The number of oxazole rings is 1. The fourth-order valence-electron chi connectivity index (χ4n) is 4.71. The molecule has 6 rings (SSSR count). The molecule has 3 aromatic heterocycles. The molecule has 0 amide bonds. The highest BCUT2D eigenvalue weighted by atomic mass is 35.5. The van der Waals surface area contributed by atoms with Gasteiger partial charge in [0.25, 0.3) is 0 Å². The summed E-state index contributed by atoms with van der Waals surface area (Å²) in [5, 5.41) is 1.62. The number of benzene rings is 2. The van der Waals surface area contributed by atoms with Crippen LogP contribution >= 0.6 is 11.6 Å². The predicted molar refractivity (Wildman–Crippen MR) is 134 cm³/mol. The summed E-state index contributed by atoms with van der Waals surface area (Å²) in [6.45, 7) is 5.25. The van der Waals surface area contributed by atoms with E-state index in [1.165, 1.54) is 0 Å². The molecule has 0 spiro atoms. The van der Waals surface area contributed by atoms with Crippen LogP contribution in [0.3, 0.4) is 0 Å². The second-order valence-corrected chi connectivity index (χ2v) is 8.78. The van der Waals surface area contributed by atoms with Gasteiger partial charge in [-0.05, 0) is 30.7 Å².